The van der Waals surface area contributed by atoms with Crippen molar-refractivity contribution in [3.05, 3.63) is 45.1 Å². The molecular formula is C19H23F3N2O2S. The molecule has 1 atom stereocenters. The Morgan fingerprint density at radius 2 is 1.93 bits per heavy atom. The Labute approximate surface area is 160 Å². The molecule has 0 saturated carbocycles. The summed E-state index contributed by atoms with van der Waals surface area (Å²) < 4.78 is 47.2. The lowest BCUT2D eigenvalue weighted by Crippen LogP contribution is -2.43. The molecule has 148 valence electrons. The Bertz CT molecular complexity index is 833. The number of methoxy groups -OCH3 is 1. The van der Waals surface area contributed by atoms with Gasteiger partial charge in [-0.05, 0) is 44.5 Å². The molecule has 0 saturated heterocycles. The highest BCUT2D eigenvalue weighted by Crippen LogP contribution is 2.50. The van der Waals surface area contributed by atoms with Crippen LogP contribution in [0.25, 0.3) is 0 Å². The quantitative estimate of drug-likeness (QED) is 0.561. The summed E-state index contributed by atoms with van der Waals surface area (Å²) in [5, 5.41) is 10.8. The maximum absolute atomic E-state index is 14.0. The van der Waals surface area contributed by atoms with Crippen LogP contribution in [0.1, 0.15) is 27.8 Å². The van der Waals surface area contributed by atoms with E-state index in [1.807, 2.05) is 18.9 Å². The highest BCUT2D eigenvalue weighted by Gasteiger charge is 2.58. The predicted octanol–water partition coefficient (Wildman–Crippen LogP) is 4.78. The van der Waals surface area contributed by atoms with E-state index in [9.17, 15) is 18.3 Å². The third-order valence-corrected chi connectivity index (χ3v) is 5.42. The van der Waals surface area contributed by atoms with Crippen LogP contribution in [0.5, 0.6) is 5.75 Å². The van der Waals surface area contributed by atoms with E-state index in [2.05, 4.69) is 4.99 Å². The average molecular weight is 400 g/mol. The van der Waals surface area contributed by atoms with Gasteiger partial charge in [-0.25, -0.2) is 4.99 Å². The zero-order valence-corrected chi connectivity index (χ0v) is 16.7. The van der Waals surface area contributed by atoms with Crippen LogP contribution in [0.4, 0.5) is 18.9 Å². The van der Waals surface area contributed by atoms with E-state index >= 15 is 0 Å². The van der Waals surface area contributed by atoms with Crippen molar-refractivity contribution >= 4 is 23.4 Å². The molecule has 0 aliphatic carbocycles. The molecule has 4 nitrogen and oxygen atoms in total. The fraction of sp³-hybridized carbons (Fsp3) is 0.421. The van der Waals surface area contributed by atoms with Crippen LogP contribution < -0.4 is 4.74 Å². The Morgan fingerprint density at radius 3 is 2.41 bits per heavy atom. The van der Waals surface area contributed by atoms with Gasteiger partial charge in [0.15, 0.2) is 0 Å². The van der Waals surface area contributed by atoms with Crippen molar-refractivity contribution in [2.45, 2.75) is 32.5 Å². The van der Waals surface area contributed by atoms with Crippen molar-refractivity contribution in [1.29, 1.82) is 0 Å². The lowest BCUT2D eigenvalue weighted by atomic mass is 9.89. The smallest absolute Gasteiger partial charge is 0.426 e. The molecule has 0 spiro atoms. The Kier molecular flexibility index (Phi) is 6.21. The summed E-state index contributed by atoms with van der Waals surface area (Å²) in [6.45, 7) is 6.03. The number of hydrogen-bond acceptors (Lipinski definition) is 4. The lowest BCUT2D eigenvalue weighted by molar-refractivity contribution is -0.247. The Morgan fingerprint density at radius 1 is 1.26 bits per heavy atom. The van der Waals surface area contributed by atoms with E-state index in [0.717, 1.165) is 17.9 Å². The molecule has 8 heteroatoms. The molecule has 0 fully saturated rings. The molecule has 2 aromatic rings. The van der Waals surface area contributed by atoms with E-state index in [1.54, 1.807) is 26.3 Å². The molecule has 1 heterocycles. The minimum atomic E-state index is -4.92. The lowest BCUT2D eigenvalue weighted by Gasteiger charge is -2.31. The molecule has 0 aliphatic rings. The maximum Gasteiger partial charge on any atom is 0.426 e. The monoisotopic (exact) mass is 400 g/mol. The number of nitrogens with zero attached hydrogens (tertiary/aromatic N) is 2. The van der Waals surface area contributed by atoms with Gasteiger partial charge in [-0.1, -0.05) is 0 Å². The number of alkyl halides is 3. The van der Waals surface area contributed by atoms with Gasteiger partial charge in [-0.2, -0.15) is 13.2 Å². The number of aliphatic hydroxyl groups is 1. The highest BCUT2D eigenvalue weighted by atomic mass is 32.1. The van der Waals surface area contributed by atoms with Crippen molar-refractivity contribution in [1.82, 2.24) is 4.90 Å². The first-order chi connectivity index (χ1) is 12.5. The van der Waals surface area contributed by atoms with Crippen LogP contribution in [0.3, 0.4) is 0 Å². The van der Waals surface area contributed by atoms with Gasteiger partial charge in [-0.3, -0.25) is 0 Å². The van der Waals surface area contributed by atoms with Crippen molar-refractivity contribution in [3.8, 4) is 5.75 Å². The zero-order chi connectivity index (χ0) is 20.4. The maximum atomic E-state index is 14.0. The summed E-state index contributed by atoms with van der Waals surface area (Å²) in [4.78, 5) is 6.61. The van der Waals surface area contributed by atoms with Gasteiger partial charge in [0, 0.05) is 30.1 Å². The van der Waals surface area contributed by atoms with Crippen LogP contribution >= 0.6 is 11.3 Å². The van der Waals surface area contributed by atoms with E-state index in [4.69, 9.17) is 4.74 Å². The van der Waals surface area contributed by atoms with Crippen LogP contribution in [-0.2, 0) is 5.60 Å². The summed E-state index contributed by atoms with van der Waals surface area (Å²) in [7, 11) is 3.11. The molecule has 2 rings (SSSR count). The summed E-state index contributed by atoms with van der Waals surface area (Å²) in [5.41, 5.74) is -2.53. The SMILES string of the molecule is CCN(C)C=Nc1cc(OC)c(C(O)(c2ccc(C)s2)C(F)(F)F)cc1C. The number of ether oxygens (including phenoxy) is 1. The van der Waals surface area contributed by atoms with Gasteiger partial charge in [0.2, 0.25) is 5.60 Å². The van der Waals surface area contributed by atoms with Gasteiger partial charge >= 0.3 is 6.18 Å². The van der Waals surface area contributed by atoms with Crippen LogP contribution in [0, 0.1) is 13.8 Å². The third-order valence-electron chi connectivity index (χ3n) is 4.31. The molecule has 1 aromatic carbocycles. The fourth-order valence-corrected chi connectivity index (χ4v) is 3.56. The summed E-state index contributed by atoms with van der Waals surface area (Å²) in [6, 6.07) is 5.56. The number of thiophene rings is 1. The van der Waals surface area contributed by atoms with Gasteiger partial charge in [0.05, 0.1) is 24.0 Å². The Hall–Kier alpha value is -2.06. The second kappa shape index (κ2) is 7.90. The molecular weight excluding hydrogens is 377 g/mol. The molecule has 1 aromatic heterocycles. The van der Waals surface area contributed by atoms with Crippen molar-refractivity contribution in [2.24, 2.45) is 4.99 Å². The van der Waals surface area contributed by atoms with Crippen LogP contribution in [0.2, 0.25) is 0 Å². The van der Waals surface area contributed by atoms with Crippen LogP contribution in [0.15, 0.2) is 29.3 Å². The van der Waals surface area contributed by atoms with Gasteiger partial charge in [-0.15, -0.1) is 11.3 Å². The van der Waals surface area contributed by atoms with E-state index in [-0.39, 0.29) is 16.2 Å². The summed E-state index contributed by atoms with van der Waals surface area (Å²) in [6.07, 6.45) is -3.32. The largest absolute Gasteiger partial charge is 0.496 e. The van der Waals surface area contributed by atoms with Crippen molar-refractivity contribution in [2.75, 3.05) is 20.7 Å². The Balaban J connectivity index is 2.67. The first-order valence-electron chi connectivity index (χ1n) is 8.34. The van der Waals surface area contributed by atoms with E-state index < -0.39 is 11.8 Å². The molecule has 0 bridgehead atoms. The average Bonchev–Trinajstić information content (AvgIpc) is 3.05. The minimum Gasteiger partial charge on any atom is -0.496 e. The predicted molar refractivity (Wildman–Crippen MR) is 102 cm³/mol. The normalized spacial score (nSPS) is 14.4. The van der Waals surface area contributed by atoms with E-state index in [0.29, 0.717) is 16.1 Å². The number of halogens is 3. The van der Waals surface area contributed by atoms with Gasteiger partial charge < -0.3 is 14.7 Å². The summed E-state index contributed by atoms with van der Waals surface area (Å²) in [5.74, 6) is -0.0715. The van der Waals surface area contributed by atoms with Gasteiger partial charge in [0.1, 0.15) is 5.75 Å². The third kappa shape index (κ3) is 4.11. The molecule has 0 amide bonds. The second-order valence-corrected chi connectivity index (χ2v) is 7.56. The van der Waals surface area contributed by atoms with E-state index in [1.165, 1.54) is 25.3 Å². The molecule has 0 radical (unpaired) electrons. The molecule has 27 heavy (non-hydrogen) atoms. The topological polar surface area (TPSA) is 45.1 Å². The minimum absolute atomic E-state index is 0.0715. The van der Waals surface area contributed by atoms with Gasteiger partial charge in [0.25, 0.3) is 0 Å². The number of benzene rings is 1. The first kappa shape index (κ1) is 21.2. The molecule has 0 aliphatic heterocycles. The zero-order valence-electron chi connectivity index (χ0n) is 15.9. The van der Waals surface area contributed by atoms with Crippen molar-refractivity contribution < 1.29 is 23.0 Å². The second-order valence-electron chi connectivity index (χ2n) is 6.28. The molecule has 1 N–H and O–H groups in total. The van der Waals surface area contributed by atoms with Crippen LogP contribution in [-0.4, -0.2) is 43.2 Å². The highest BCUT2D eigenvalue weighted by molar-refractivity contribution is 7.12. The van der Waals surface area contributed by atoms with Crippen molar-refractivity contribution in [3.63, 3.8) is 0 Å². The standard InChI is InChI=1S/C19H23F3N2O2S/c1-6-24(4)11-23-15-10-16(26-5)14(9-12(15)2)18(25,19(20,21)22)17-8-7-13(3)27-17/h7-11,25H,6H2,1-5H3. The first-order valence-corrected chi connectivity index (χ1v) is 9.15. The fourth-order valence-electron chi connectivity index (χ4n) is 2.56. The number of rotatable bonds is 6. The number of aryl methyl sites for hydroxylation is 2. The summed E-state index contributed by atoms with van der Waals surface area (Å²) >= 11 is 0.901. The molecule has 1 unspecified atom stereocenters. The number of aliphatic imine (C=N–C) groups is 1. The number of hydrogen-bond donors (Lipinski definition) is 1.